The number of benzene rings is 2. The SMILES string of the molecule is NC1CCC(Nc2ncc3c(-c4cccc(CCc5ccccc5)c4)[nH]nc3n2)CC1. The highest BCUT2D eigenvalue weighted by molar-refractivity contribution is 5.90. The molecular formula is C25H28N6. The Kier molecular flexibility index (Phi) is 5.63. The van der Waals surface area contributed by atoms with Crippen molar-refractivity contribution in [2.24, 2.45) is 5.73 Å². The molecule has 0 radical (unpaired) electrons. The normalized spacial score (nSPS) is 18.9. The molecule has 2 heterocycles. The monoisotopic (exact) mass is 412 g/mol. The molecule has 1 fully saturated rings. The van der Waals surface area contributed by atoms with Crippen LogP contribution in [0, 0.1) is 0 Å². The summed E-state index contributed by atoms with van der Waals surface area (Å²) in [7, 11) is 0. The minimum Gasteiger partial charge on any atom is -0.351 e. The number of nitrogens with two attached hydrogens (primary N) is 1. The Morgan fingerprint density at radius 2 is 1.71 bits per heavy atom. The maximum Gasteiger partial charge on any atom is 0.224 e. The van der Waals surface area contributed by atoms with Crippen LogP contribution in [0.5, 0.6) is 0 Å². The molecule has 0 spiro atoms. The Balaban J connectivity index is 1.32. The van der Waals surface area contributed by atoms with E-state index in [0.717, 1.165) is 55.2 Å². The van der Waals surface area contributed by atoms with Crippen molar-refractivity contribution >= 4 is 17.0 Å². The van der Waals surface area contributed by atoms with Crippen LogP contribution in [0.15, 0.2) is 60.8 Å². The van der Waals surface area contributed by atoms with Crippen LogP contribution in [0.4, 0.5) is 5.95 Å². The Morgan fingerprint density at radius 3 is 2.55 bits per heavy atom. The van der Waals surface area contributed by atoms with Gasteiger partial charge in [0.1, 0.15) is 0 Å². The molecule has 0 amide bonds. The van der Waals surface area contributed by atoms with Gasteiger partial charge in [-0.3, -0.25) is 5.10 Å². The van der Waals surface area contributed by atoms with E-state index in [0.29, 0.717) is 23.7 Å². The molecule has 1 aliphatic rings. The first-order chi connectivity index (χ1) is 15.2. The number of nitrogens with zero attached hydrogens (tertiary/aromatic N) is 3. The molecule has 0 atom stereocenters. The number of aromatic amines is 1. The third-order valence-corrected chi connectivity index (χ3v) is 6.18. The number of anilines is 1. The molecule has 0 unspecified atom stereocenters. The first-order valence-corrected chi connectivity index (χ1v) is 11.1. The molecule has 4 aromatic rings. The standard InChI is InChI=1S/C25H28N6/c26-20-11-13-21(14-12-20)28-25-27-16-22-23(30-31-24(22)29-25)19-8-4-7-18(15-19)10-9-17-5-2-1-3-6-17/h1-8,15-16,20-21H,9-14,26H2,(H2,27,28,29,30,31). The van der Waals surface area contributed by atoms with Crippen molar-refractivity contribution in [1.29, 1.82) is 0 Å². The Hall–Kier alpha value is -3.25. The second kappa shape index (κ2) is 8.86. The number of aromatic nitrogens is 4. The highest BCUT2D eigenvalue weighted by Crippen LogP contribution is 2.27. The molecule has 1 saturated carbocycles. The van der Waals surface area contributed by atoms with Crippen LogP contribution in [0.25, 0.3) is 22.3 Å². The molecule has 0 aliphatic heterocycles. The average molecular weight is 413 g/mol. The third kappa shape index (κ3) is 4.59. The second-order valence-corrected chi connectivity index (χ2v) is 8.47. The van der Waals surface area contributed by atoms with Gasteiger partial charge < -0.3 is 11.1 Å². The van der Waals surface area contributed by atoms with Crippen molar-refractivity contribution in [2.75, 3.05) is 5.32 Å². The van der Waals surface area contributed by atoms with E-state index in [-0.39, 0.29) is 0 Å². The lowest BCUT2D eigenvalue weighted by molar-refractivity contribution is 0.410. The van der Waals surface area contributed by atoms with Gasteiger partial charge in [-0.25, -0.2) is 4.98 Å². The van der Waals surface area contributed by atoms with Crippen LogP contribution in [-0.2, 0) is 12.8 Å². The second-order valence-electron chi connectivity index (χ2n) is 8.47. The number of nitrogens with one attached hydrogen (secondary N) is 2. The van der Waals surface area contributed by atoms with E-state index in [4.69, 9.17) is 5.73 Å². The minimum absolute atomic E-state index is 0.332. The van der Waals surface area contributed by atoms with Crippen molar-refractivity contribution in [3.05, 3.63) is 71.9 Å². The summed E-state index contributed by atoms with van der Waals surface area (Å²) in [5.41, 5.74) is 11.4. The molecule has 0 saturated heterocycles. The lowest BCUT2D eigenvalue weighted by Crippen LogP contribution is -2.33. The van der Waals surface area contributed by atoms with Gasteiger partial charge in [-0.05, 0) is 55.7 Å². The number of H-pyrrole nitrogens is 1. The van der Waals surface area contributed by atoms with Crippen molar-refractivity contribution in [1.82, 2.24) is 20.2 Å². The fourth-order valence-corrected chi connectivity index (χ4v) is 4.35. The molecule has 2 aromatic carbocycles. The summed E-state index contributed by atoms with van der Waals surface area (Å²) in [6.07, 6.45) is 8.11. The zero-order valence-corrected chi connectivity index (χ0v) is 17.6. The zero-order valence-electron chi connectivity index (χ0n) is 17.6. The number of fused-ring (bicyclic) bond motifs is 1. The average Bonchev–Trinajstić information content (AvgIpc) is 3.23. The smallest absolute Gasteiger partial charge is 0.224 e. The molecule has 2 aromatic heterocycles. The summed E-state index contributed by atoms with van der Waals surface area (Å²) in [6.45, 7) is 0. The quantitative estimate of drug-likeness (QED) is 0.434. The van der Waals surface area contributed by atoms with Gasteiger partial charge in [-0.1, -0.05) is 48.5 Å². The van der Waals surface area contributed by atoms with Crippen LogP contribution in [0.3, 0.4) is 0 Å². The zero-order chi connectivity index (χ0) is 21.0. The molecule has 31 heavy (non-hydrogen) atoms. The maximum absolute atomic E-state index is 6.01. The predicted octanol–water partition coefficient (Wildman–Crippen LogP) is 4.49. The molecule has 6 heteroatoms. The largest absolute Gasteiger partial charge is 0.351 e. The molecule has 5 rings (SSSR count). The van der Waals surface area contributed by atoms with Gasteiger partial charge in [0.05, 0.1) is 11.1 Å². The number of hydrogen-bond acceptors (Lipinski definition) is 5. The van der Waals surface area contributed by atoms with Crippen molar-refractivity contribution in [3.8, 4) is 11.3 Å². The Bertz CT molecular complexity index is 1150. The van der Waals surface area contributed by atoms with E-state index in [1.807, 2.05) is 6.20 Å². The van der Waals surface area contributed by atoms with E-state index in [9.17, 15) is 0 Å². The summed E-state index contributed by atoms with van der Waals surface area (Å²) in [4.78, 5) is 9.20. The fourth-order valence-electron chi connectivity index (χ4n) is 4.35. The molecule has 0 bridgehead atoms. The van der Waals surface area contributed by atoms with Crippen molar-refractivity contribution in [2.45, 2.75) is 50.6 Å². The van der Waals surface area contributed by atoms with Crippen LogP contribution in [0.2, 0.25) is 0 Å². The lowest BCUT2D eigenvalue weighted by atomic mass is 9.92. The van der Waals surface area contributed by atoms with Crippen molar-refractivity contribution < 1.29 is 0 Å². The molecule has 158 valence electrons. The Morgan fingerprint density at radius 1 is 0.935 bits per heavy atom. The minimum atomic E-state index is 0.332. The Labute approximate surface area is 182 Å². The predicted molar refractivity (Wildman–Crippen MR) is 125 cm³/mol. The van der Waals surface area contributed by atoms with Gasteiger partial charge in [0.15, 0.2) is 5.65 Å². The number of aryl methyl sites for hydroxylation is 2. The van der Waals surface area contributed by atoms with E-state index in [1.54, 1.807) is 0 Å². The van der Waals surface area contributed by atoms with E-state index in [1.165, 1.54) is 11.1 Å². The summed E-state index contributed by atoms with van der Waals surface area (Å²) in [6, 6.07) is 19.9. The highest BCUT2D eigenvalue weighted by atomic mass is 15.2. The topological polar surface area (TPSA) is 92.5 Å². The first-order valence-electron chi connectivity index (χ1n) is 11.1. The first kappa shape index (κ1) is 19.7. The van der Waals surface area contributed by atoms with Crippen molar-refractivity contribution in [3.63, 3.8) is 0 Å². The highest BCUT2D eigenvalue weighted by Gasteiger charge is 2.19. The number of rotatable bonds is 6. The molecule has 4 N–H and O–H groups in total. The van der Waals surface area contributed by atoms with E-state index < -0.39 is 0 Å². The lowest BCUT2D eigenvalue weighted by Gasteiger charge is -2.26. The van der Waals surface area contributed by atoms with Crippen LogP contribution < -0.4 is 11.1 Å². The summed E-state index contributed by atoms with van der Waals surface area (Å²) < 4.78 is 0. The third-order valence-electron chi connectivity index (χ3n) is 6.18. The summed E-state index contributed by atoms with van der Waals surface area (Å²) >= 11 is 0. The summed E-state index contributed by atoms with van der Waals surface area (Å²) in [5, 5.41) is 12.0. The summed E-state index contributed by atoms with van der Waals surface area (Å²) in [5.74, 6) is 0.641. The van der Waals surface area contributed by atoms with Gasteiger partial charge in [0, 0.05) is 23.8 Å². The van der Waals surface area contributed by atoms with E-state index in [2.05, 4.69) is 80.1 Å². The molecular weight excluding hydrogens is 384 g/mol. The van der Waals surface area contributed by atoms with Gasteiger partial charge in [-0.15, -0.1) is 0 Å². The molecule has 6 nitrogen and oxygen atoms in total. The van der Waals surface area contributed by atoms with E-state index >= 15 is 0 Å². The van der Waals surface area contributed by atoms with Gasteiger partial charge >= 0.3 is 0 Å². The van der Waals surface area contributed by atoms with Gasteiger partial charge in [0.25, 0.3) is 0 Å². The van der Waals surface area contributed by atoms with Crippen LogP contribution >= 0.6 is 0 Å². The van der Waals surface area contributed by atoms with Gasteiger partial charge in [-0.2, -0.15) is 10.1 Å². The van der Waals surface area contributed by atoms with Gasteiger partial charge in [0.2, 0.25) is 5.95 Å². The fraction of sp³-hybridized carbons (Fsp3) is 0.320. The molecule has 1 aliphatic carbocycles. The maximum atomic E-state index is 6.01. The number of hydrogen-bond donors (Lipinski definition) is 3. The van der Waals surface area contributed by atoms with Crippen LogP contribution in [-0.4, -0.2) is 32.2 Å². The van der Waals surface area contributed by atoms with Crippen LogP contribution in [0.1, 0.15) is 36.8 Å².